The molecule has 4 heteroatoms. The van der Waals surface area contributed by atoms with Gasteiger partial charge in [0, 0.05) is 54.6 Å². The van der Waals surface area contributed by atoms with E-state index in [1.165, 1.54) is 207 Å². The number of benzene rings is 3. The molecule has 0 aliphatic rings. The van der Waals surface area contributed by atoms with E-state index in [-0.39, 0.29) is 0 Å². The summed E-state index contributed by atoms with van der Waals surface area (Å²) < 4.78 is 7.82. The highest BCUT2D eigenvalue weighted by Crippen LogP contribution is 2.40. The third kappa shape index (κ3) is 12.1. The summed E-state index contributed by atoms with van der Waals surface area (Å²) in [5.41, 5.74) is 5.62. The topological polar surface area (TPSA) is 9.86 Å². The molecule has 3 aromatic carbocycles. The van der Waals surface area contributed by atoms with E-state index in [0.29, 0.717) is 11.8 Å². The van der Waals surface area contributed by atoms with Crippen molar-refractivity contribution in [2.24, 2.45) is 11.8 Å². The zero-order valence-electron chi connectivity index (χ0n) is 34.8. The fourth-order valence-electron chi connectivity index (χ4n) is 9.34. The van der Waals surface area contributed by atoms with Crippen molar-refractivity contribution in [3.63, 3.8) is 0 Å². The maximum absolute atomic E-state index is 3.88. The zero-order valence-corrected chi connectivity index (χ0v) is 38.0. The maximum Gasteiger partial charge on any atom is 0.0502 e. The minimum atomic E-state index is 0.717. The molecule has 298 valence electrons. The highest BCUT2D eigenvalue weighted by Gasteiger charge is 2.21. The Balaban J connectivity index is 1.53. The highest BCUT2D eigenvalue weighted by molar-refractivity contribution is 9.10. The molecule has 0 spiro atoms. The van der Waals surface area contributed by atoms with Crippen molar-refractivity contribution in [2.45, 2.75) is 195 Å². The summed E-state index contributed by atoms with van der Waals surface area (Å²) in [5.74, 6) is 1.43. The van der Waals surface area contributed by atoms with Crippen LogP contribution in [0.2, 0.25) is 0 Å². The number of aromatic nitrogens is 2. The Labute approximate surface area is 346 Å². The molecule has 2 aromatic heterocycles. The molecule has 2 nitrogen and oxygen atoms in total. The Morgan fingerprint density at radius 3 is 1.02 bits per heavy atom. The molecular formula is C50H74Br2N2. The Morgan fingerprint density at radius 2 is 0.667 bits per heavy atom. The van der Waals surface area contributed by atoms with Gasteiger partial charge in [0.15, 0.2) is 0 Å². The summed E-state index contributed by atoms with van der Waals surface area (Å²) in [7, 11) is 0. The lowest BCUT2D eigenvalue weighted by molar-refractivity contribution is 0.365. The van der Waals surface area contributed by atoms with Gasteiger partial charge in [0.1, 0.15) is 0 Å². The van der Waals surface area contributed by atoms with Crippen LogP contribution in [0.5, 0.6) is 0 Å². The number of rotatable bonds is 28. The van der Waals surface area contributed by atoms with Crippen LogP contribution in [0.3, 0.4) is 0 Å². The van der Waals surface area contributed by atoms with Gasteiger partial charge in [-0.2, -0.15) is 0 Å². The lowest BCUT2D eigenvalue weighted by atomic mass is 9.94. The van der Waals surface area contributed by atoms with E-state index in [0.717, 1.165) is 13.1 Å². The van der Waals surface area contributed by atoms with Crippen LogP contribution in [0.25, 0.3) is 43.6 Å². The van der Waals surface area contributed by atoms with Gasteiger partial charge in [0.25, 0.3) is 0 Å². The summed E-state index contributed by atoms with van der Waals surface area (Å²) in [6.07, 6.45) is 32.7. The van der Waals surface area contributed by atoms with E-state index in [1.54, 1.807) is 0 Å². The molecule has 54 heavy (non-hydrogen) atoms. The second kappa shape index (κ2) is 23.5. The van der Waals surface area contributed by atoms with Crippen molar-refractivity contribution in [1.82, 2.24) is 9.13 Å². The van der Waals surface area contributed by atoms with E-state index in [2.05, 4.69) is 117 Å². The third-order valence-corrected chi connectivity index (χ3v) is 13.5. The summed E-state index contributed by atoms with van der Waals surface area (Å²) >= 11 is 7.76. The fourth-order valence-corrected chi connectivity index (χ4v) is 10.0. The second-order valence-corrected chi connectivity index (χ2v) is 18.8. The van der Waals surface area contributed by atoms with Gasteiger partial charge >= 0.3 is 0 Å². The molecule has 0 aliphatic carbocycles. The lowest BCUT2D eigenvalue weighted by Gasteiger charge is -2.20. The van der Waals surface area contributed by atoms with E-state index >= 15 is 0 Å². The maximum atomic E-state index is 3.88. The van der Waals surface area contributed by atoms with Crippen LogP contribution in [0, 0.1) is 11.8 Å². The van der Waals surface area contributed by atoms with Crippen LogP contribution < -0.4 is 0 Å². The quantitative estimate of drug-likeness (QED) is 0.0444. The molecule has 0 saturated heterocycles. The van der Waals surface area contributed by atoms with E-state index in [9.17, 15) is 0 Å². The minimum Gasteiger partial charge on any atom is -0.340 e. The average Bonchev–Trinajstić information content (AvgIpc) is 3.62. The first-order valence-corrected chi connectivity index (χ1v) is 24.4. The van der Waals surface area contributed by atoms with Gasteiger partial charge in [-0.25, -0.2) is 0 Å². The van der Waals surface area contributed by atoms with Crippen molar-refractivity contribution < 1.29 is 0 Å². The van der Waals surface area contributed by atoms with Gasteiger partial charge in [-0.1, -0.05) is 200 Å². The van der Waals surface area contributed by atoms with Crippen molar-refractivity contribution in [1.29, 1.82) is 0 Å². The fraction of sp³-hybridized carbons (Fsp3) is 0.640. The summed E-state index contributed by atoms with van der Waals surface area (Å²) in [4.78, 5) is 0. The molecule has 0 bridgehead atoms. The molecule has 2 heterocycles. The number of fused-ring (bicyclic) bond motifs is 6. The van der Waals surface area contributed by atoms with E-state index < -0.39 is 0 Å². The predicted octanol–water partition coefficient (Wildman–Crippen LogP) is 18.1. The standard InChI is InChI=1S/C50H74Br2N2/c1-5-9-13-17-19-23-27-39(25-21-15-11-7-3)37-53-47-33-41(51)29-31-43(47)45-36-50-46(35-49(45)53)44-32-30-42(52)34-48(44)54(50)38-40(26-22-16-12-8-4)28-24-20-18-14-10-6-2/h29-36,39-40H,5-28,37-38H2,1-4H3/t39-,40-/m1/s1. The SMILES string of the molecule is CCCCCCCC[C@@H](CCCCCC)Cn1c2cc(Br)ccc2c2cc3c(cc21)c1ccc(Br)cc1n3C[C@H](CCCCCC)CCCCCCCC. The van der Waals surface area contributed by atoms with Crippen molar-refractivity contribution in [3.8, 4) is 0 Å². The van der Waals surface area contributed by atoms with Crippen molar-refractivity contribution in [2.75, 3.05) is 0 Å². The van der Waals surface area contributed by atoms with Crippen LogP contribution in [0.15, 0.2) is 57.5 Å². The van der Waals surface area contributed by atoms with Crippen LogP contribution in [-0.2, 0) is 13.1 Å². The van der Waals surface area contributed by atoms with E-state index in [1.807, 2.05) is 0 Å². The Morgan fingerprint density at radius 1 is 0.370 bits per heavy atom. The van der Waals surface area contributed by atoms with E-state index in [4.69, 9.17) is 0 Å². The van der Waals surface area contributed by atoms with Gasteiger partial charge in [0.2, 0.25) is 0 Å². The lowest BCUT2D eigenvalue weighted by Crippen LogP contribution is -2.12. The molecule has 5 rings (SSSR count). The Bertz CT molecular complexity index is 1700. The minimum absolute atomic E-state index is 0.717. The number of hydrogen-bond acceptors (Lipinski definition) is 0. The molecule has 0 unspecified atom stereocenters. The monoisotopic (exact) mass is 860 g/mol. The number of nitrogens with zero attached hydrogens (tertiary/aromatic N) is 2. The predicted molar refractivity (Wildman–Crippen MR) is 248 cm³/mol. The Kier molecular flexibility index (Phi) is 18.8. The van der Waals surface area contributed by atoms with Crippen LogP contribution in [-0.4, -0.2) is 9.13 Å². The van der Waals surface area contributed by atoms with Crippen molar-refractivity contribution in [3.05, 3.63) is 57.5 Å². The number of hydrogen-bond donors (Lipinski definition) is 0. The molecule has 0 amide bonds. The molecule has 5 aromatic rings. The molecule has 0 saturated carbocycles. The Hall–Kier alpha value is -1.78. The van der Waals surface area contributed by atoms with Crippen molar-refractivity contribution >= 4 is 75.5 Å². The summed E-state index contributed by atoms with van der Waals surface area (Å²) in [6.45, 7) is 11.6. The molecule has 0 fully saturated rings. The molecule has 0 N–H and O–H groups in total. The van der Waals surface area contributed by atoms with Crippen LogP contribution in [0.4, 0.5) is 0 Å². The normalized spacial score (nSPS) is 13.3. The number of unbranched alkanes of at least 4 members (excludes halogenated alkanes) is 16. The summed E-state index contributed by atoms with van der Waals surface area (Å²) in [6, 6.07) is 19.3. The van der Waals surface area contributed by atoms with Gasteiger partial charge in [0.05, 0.1) is 11.0 Å². The van der Waals surface area contributed by atoms with Gasteiger partial charge in [-0.15, -0.1) is 0 Å². The van der Waals surface area contributed by atoms with Crippen LogP contribution >= 0.6 is 31.9 Å². The summed E-state index contributed by atoms with van der Waals surface area (Å²) in [5, 5.41) is 5.65. The average molecular weight is 863 g/mol. The molecular weight excluding hydrogens is 788 g/mol. The molecule has 0 aliphatic heterocycles. The second-order valence-electron chi connectivity index (χ2n) is 17.0. The highest BCUT2D eigenvalue weighted by atomic mass is 79.9. The third-order valence-electron chi connectivity index (χ3n) is 12.5. The smallest absolute Gasteiger partial charge is 0.0502 e. The first-order chi connectivity index (χ1) is 26.5. The van der Waals surface area contributed by atoms with Crippen LogP contribution in [0.1, 0.15) is 182 Å². The molecule has 2 atom stereocenters. The largest absolute Gasteiger partial charge is 0.340 e. The first kappa shape index (κ1) is 43.3. The zero-order chi connectivity index (χ0) is 38.1. The number of halogens is 2. The van der Waals surface area contributed by atoms with Gasteiger partial charge < -0.3 is 9.13 Å². The van der Waals surface area contributed by atoms with Gasteiger partial charge in [-0.3, -0.25) is 0 Å². The molecule has 0 radical (unpaired) electrons. The van der Waals surface area contributed by atoms with Gasteiger partial charge in [-0.05, 0) is 73.9 Å². The first-order valence-electron chi connectivity index (χ1n) is 22.8.